The van der Waals surface area contributed by atoms with Gasteiger partial charge in [0, 0.05) is 35.8 Å². The Morgan fingerprint density at radius 3 is 2.86 bits per heavy atom. The summed E-state index contributed by atoms with van der Waals surface area (Å²) in [5.41, 5.74) is 1.51. The first-order valence-corrected chi connectivity index (χ1v) is 9.53. The first kappa shape index (κ1) is 18.7. The van der Waals surface area contributed by atoms with Crippen LogP contribution in [0.4, 0.5) is 0 Å². The van der Waals surface area contributed by atoms with Gasteiger partial charge < -0.3 is 14.6 Å². The smallest absolute Gasteiger partial charge is 0.273 e. The van der Waals surface area contributed by atoms with Crippen LogP contribution in [-0.2, 0) is 13.0 Å². The molecule has 4 rings (SSSR count). The van der Waals surface area contributed by atoms with E-state index >= 15 is 0 Å². The molecule has 4 aromatic rings. The highest BCUT2D eigenvalue weighted by molar-refractivity contribution is 5.92. The Morgan fingerprint density at radius 1 is 1.07 bits per heavy atom. The van der Waals surface area contributed by atoms with E-state index in [1.807, 2.05) is 42.5 Å². The van der Waals surface area contributed by atoms with Crippen molar-refractivity contribution >= 4 is 16.7 Å². The Kier molecular flexibility index (Phi) is 5.81. The lowest BCUT2D eigenvalue weighted by molar-refractivity contribution is 0.0944. The van der Waals surface area contributed by atoms with Crippen molar-refractivity contribution in [3.63, 3.8) is 0 Å². The number of benzene rings is 2. The molecule has 0 bridgehead atoms. The number of nitrogens with one attached hydrogen (secondary N) is 1. The molecule has 0 aliphatic carbocycles. The zero-order chi connectivity index (χ0) is 19.9. The monoisotopic (exact) mass is 387 g/mol. The number of rotatable bonds is 8. The molecule has 6 nitrogen and oxygen atoms in total. The van der Waals surface area contributed by atoms with E-state index in [0.717, 1.165) is 29.4 Å². The lowest BCUT2D eigenvalue weighted by atomic mass is 10.1. The molecule has 0 saturated carbocycles. The lowest BCUT2D eigenvalue weighted by Gasteiger charge is -2.07. The van der Waals surface area contributed by atoms with Crippen LogP contribution in [0.15, 0.2) is 77.6 Å². The van der Waals surface area contributed by atoms with Crippen LogP contribution in [0, 0.1) is 0 Å². The molecule has 0 aliphatic heterocycles. The van der Waals surface area contributed by atoms with E-state index < -0.39 is 0 Å². The molecule has 2 aromatic heterocycles. The molecule has 0 aliphatic rings. The van der Waals surface area contributed by atoms with Crippen LogP contribution in [0.25, 0.3) is 10.8 Å². The minimum atomic E-state index is -0.246. The molecule has 0 unspecified atom stereocenters. The van der Waals surface area contributed by atoms with Crippen molar-refractivity contribution in [2.24, 2.45) is 0 Å². The Hall–Kier alpha value is -3.67. The number of nitrogens with zero attached hydrogens (tertiary/aromatic N) is 2. The topological polar surface area (TPSA) is 77.2 Å². The first-order valence-electron chi connectivity index (χ1n) is 9.53. The summed E-state index contributed by atoms with van der Waals surface area (Å²) in [6.45, 7) is 0.770. The van der Waals surface area contributed by atoms with E-state index in [0.29, 0.717) is 12.3 Å². The fourth-order valence-electron chi connectivity index (χ4n) is 3.09. The lowest BCUT2D eigenvalue weighted by Crippen LogP contribution is -2.25. The van der Waals surface area contributed by atoms with Crippen molar-refractivity contribution in [2.45, 2.75) is 19.4 Å². The molecule has 0 atom stereocenters. The first-order chi connectivity index (χ1) is 14.3. The third-order valence-electron chi connectivity index (χ3n) is 4.57. The highest BCUT2D eigenvalue weighted by Crippen LogP contribution is 2.25. The molecule has 29 heavy (non-hydrogen) atoms. The maximum atomic E-state index is 12.2. The molecular weight excluding hydrogens is 366 g/mol. The summed E-state index contributed by atoms with van der Waals surface area (Å²) >= 11 is 0. The molecule has 146 valence electrons. The van der Waals surface area contributed by atoms with Gasteiger partial charge in [-0.1, -0.05) is 47.6 Å². The number of carbonyl (C=O) groups excluding carboxylic acids is 1. The molecule has 0 saturated heterocycles. The Labute approximate surface area is 168 Å². The second-order valence-electron chi connectivity index (χ2n) is 6.67. The van der Waals surface area contributed by atoms with Crippen LogP contribution in [0.2, 0.25) is 0 Å². The van der Waals surface area contributed by atoms with Crippen molar-refractivity contribution in [1.82, 2.24) is 15.5 Å². The van der Waals surface area contributed by atoms with Crippen LogP contribution >= 0.6 is 0 Å². The summed E-state index contributed by atoms with van der Waals surface area (Å²) < 4.78 is 11.1. The normalized spacial score (nSPS) is 10.8. The summed E-state index contributed by atoms with van der Waals surface area (Å²) in [6, 6.07) is 19.5. The van der Waals surface area contributed by atoms with Gasteiger partial charge in [-0.15, -0.1) is 0 Å². The van der Waals surface area contributed by atoms with E-state index in [4.69, 9.17) is 9.26 Å². The molecule has 6 heteroatoms. The standard InChI is InChI=1S/C23H21N3O3/c27-23(25-12-5-8-17-6-2-1-3-7-17)21-14-19(29-26-21)16-28-22-10-4-9-18-15-24-13-11-20(18)22/h1-4,6-7,9-11,13-15H,5,8,12,16H2,(H,25,27). The minimum absolute atomic E-state index is 0.190. The summed E-state index contributed by atoms with van der Waals surface area (Å²) in [6.07, 6.45) is 5.29. The average Bonchev–Trinajstić information content (AvgIpc) is 3.25. The van der Waals surface area contributed by atoms with Crippen LogP contribution in [-0.4, -0.2) is 22.6 Å². The van der Waals surface area contributed by atoms with Crippen LogP contribution < -0.4 is 10.1 Å². The maximum Gasteiger partial charge on any atom is 0.273 e. The molecular formula is C23H21N3O3. The number of fused-ring (bicyclic) bond motifs is 1. The zero-order valence-electron chi connectivity index (χ0n) is 15.9. The number of aromatic nitrogens is 2. The second kappa shape index (κ2) is 9.01. The fourth-order valence-corrected chi connectivity index (χ4v) is 3.09. The zero-order valence-corrected chi connectivity index (χ0v) is 15.9. The largest absolute Gasteiger partial charge is 0.485 e. The third-order valence-corrected chi connectivity index (χ3v) is 4.57. The summed E-state index contributed by atoms with van der Waals surface area (Å²) in [5.74, 6) is 0.975. The van der Waals surface area contributed by atoms with Crippen molar-refractivity contribution in [2.75, 3.05) is 6.54 Å². The second-order valence-corrected chi connectivity index (χ2v) is 6.67. The Morgan fingerprint density at radius 2 is 1.97 bits per heavy atom. The van der Waals surface area contributed by atoms with E-state index in [9.17, 15) is 4.79 Å². The van der Waals surface area contributed by atoms with Crippen molar-refractivity contribution in [3.05, 3.63) is 90.1 Å². The van der Waals surface area contributed by atoms with Crippen molar-refractivity contribution < 1.29 is 14.1 Å². The van der Waals surface area contributed by atoms with Crippen molar-refractivity contribution in [3.8, 4) is 5.75 Å². The molecule has 0 radical (unpaired) electrons. The number of carbonyl (C=O) groups is 1. The predicted octanol–water partition coefficient (Wildman–Crippen LogP) is 4.16. The van der Waals surface area contributed by atoms with Crippen LogP contribution in [0.1, 0.15) is 28.2 Å². The fraction of sp³-hybridized carbons (Fsp3) is 0.174. The molecule has 0 fully saturated rings. The Balaban J connectivity index is 1.28. The highest BCUT2D eigenvalue weighted by atomic mass is 16.5. The van der Waals surface area contributed by atoms with Gasteiger partial charge in [0.2, 0.25) is 0 Å². The predicted molar refractivity (Wildman–Crippen MR) is 110 cm³/mol. The van der Waals surface area contributed by atoms with Gasteiger partial charge in [-0.3, -0.25) is 9.78 Å². The van der Waals surface area contributed by atoms with Gasteiger partial charge in [0.25, 0.3) is 5.91 Å². The van der Waals surface area contributed by atoms with E-state index in [1.165, 1.54) is 5.56 Å². The van der Waals surface area contributed by atoms with Crippen LogP contribution in [0.5, 0.6) is 5.75 Å². The molecule has 1 N–H and O–H groups in total. The van der Waals surface area contributed by atoms with Gasteiger partial charge in [0.05, 0.1) is 0 Å². The summed E-state index contributed by atoms with van der Waals surface area (Å²) in [7, 11) is 0. The average molecular weight is 387 g/mol. The van der Waals surface area contributed by atoms with Gasteiger partial charge in [0.15, 0.2) is 11.5 Å². The van der Waals surface area contributed by atoms with E-state index in [2.05, 4.69) is 27.6 Å². The van der Waals surface area contributed by atoms with Gasteiger partial charge in [-0.05, 0) is 30.5 Å². The molecule has 0 spiro atoms. The Bertz CT molecular complexity index is 1090. The molecule has 2 aromatic carbocycles. The van der Waals surface area contributed by atoms with E-state index in [1.54, 1.807) is 18.5 Å². The van der Waals surface area contributed by atoms with Gasteiger partial charge in [-0.2, -0.15) is 0 Å². The van der Waals surface area contributed by atoms with E-state index in [-0.39, 0.29) is 18.2 Å². The van der Waals surface area contributed by atoms with Crippen LogP contribution in [0.3, 0.4) is 0 Å². The SMILES string of the molecule is O=C(NCCCc1ccccc1)c1cc(COc2cccc3cnccc23)on1. The van der Waals surface area contributed by atoms with Gasteiger partial charge in [-0.25, -0.2) is 0 Å². The summed E-state index contributed by atoms with van der Waals surface area (Å²) in [4.78, 5) is 16.4. The summed E-state index contributed by atoms with van der Waals surface area (Å²) in [5, 5.41) is 8.69. The molecule has 1 amide bonds. The van der Waals surface area contributed by atoms with Crippen molar-refractivity contribution in [1.29, 1.82) is 0 Å². The minimum Gasteiger partial charge on any atom is -0.485 e. The maximum absolute atomic E-state index is 12.2. The van der Waals surface area contributed by atoms with Gasteiger partial charge >= 0.3 is 0 Å². The third kappa shape index (κ3) is 4.79. The molecule has 2 heterocycles. The number of aryl methyl sites for hydroxylation is 1. The highest BCUT2D eigenvalue weighted by Gasteiger charge is 2.13. The quantitative estimate of drug-likeness (QED) is 0.459. The number of hydrogen-bond donors (Lipinski definition) is 1. The van der Waals surface area contributed by atoms with Gasteiger partial charge in [0.1, 0.15) is 12.4 Å². The number of hydrogen-bond acceptors (Lipinski definition) is 5. The number of pyridine rings is 1. The number of ether oxygens (including phenoxy) is 1. The number of amides is 1.